The lowest BCUT2D eigenvalue weighted by molar-refractivity contribution is -0.137. The molecule has 0 atom stereocenters. The maximum Gasteiger partial charge on any atom is 0.316 e. The number of aromatic nitrogens is 2. The highest BCUT2D eigenvalue weighted by Gasteiger charge is 2.13. The maximum atomic E-state index is 12.2. The molecule has 2 rings (SSSR count). The molecule has 1 amide bonds. The number of carbonyl (C=O) groups excluding carboxylic acids is 2. The second kappa shape index (κ2) is 7.37. The van der Waals surface area contributed by atoms with Crippen LogP contribution in [0.2, 0.25) is 0 Å². The predicted octanol–water partition coefficient (Wildman–Crippen LogP) is 2.67. The lowest BCUT2D eigenvalue weighted by atomic mass is 10.1. The van der Waals surface area contributed by atoms with Crippen LogP contribution in [0.15, 0.2) is 22.5 Å². The molecule has 116 valence electrons. The zero-order valence-corrected chi connectivity index (χ0v) is 14.0. The molecule has 1 heterocycles. The van der Waals surface area contributed by atoms with Gasteiger partial charge in [0.2, 0.25) is 5.13 Å². The van der Waals surface area contributed by atoms with E-state index in [1.54, 1.807) is 6.07 Å². The number of nitrogens with one attached hydrogen (secondary N) is 1. The second-order valence-electron chi connectivity index (χ2n) is 4.51. The van der Waals surface area contributed by atoms with Crippen molar-refractivity contribution in [2.24, 2.45) is 0 Å². The fraction of sp³-hybridized carbons (Fsp3) is 0.286. The van der Waals surface area contributed by atoms with Gasteiger partial charge in [-0.15, -0.1) is 10.2 Å². The van der Waals surface area contributed by atoms with E-state index in [0.717, 1.165) is 11.1 Å². The monoisotopic (exact) mass is 337 g/mol. The largest absolute Gasteiger partial charge is 0.468 e. The molecule has 0 aliphatic carbocycles. The van der Waals surface area contributed by atoms with E-state index in [4.69, 9.17) is 0 Å². The number of nitrogens with zero attached hydrogens (tertiary/aromatic N) is 2. The van der Waals surface area contributed by atoms with Crippen molar-refractivity contribution in [1.29, 1.82) is 0 Å². The van der Waals surface area contributed by atoms with Crippen LogP contribution in [0.1, 0.15) is 21.5 Å². The molecule has 1 aromatic heterocycles. The molecule has 22 heavy (non-hydrogen) atoms. The van der Waals surface area contributed by atoms with Gasteiger partial charge in [0.15, 0.2) is 4.34 Å². The first-order chi connectivity index (χ1) is 10.5. The topological polar surface area (TPSA) is 81.2 Å². The van der Waals surface area contributed by atoms with Crippen LogP contribution in [0.3, 0.4) is 0 Å². The van der Waals surface area contributed by atoms with Gasteiger partial charge in [-0.3, -0.25) is 14.9 Å². The van der Waals surface area contributed by atoms with Gasteiger partial charge in [-0.05, 0) is 25.5 Å². The Morgan fingerprint density at radius 1 is 1.32 bits per heavy atom. The number of thioether (sulfide) groups is 1. The van der Waals surface area contributed by atoms with Crippen molar-refractivity contribution in [3.05, 3.63) is 34.9 Å². The minimum Gasteiger partial charge on any atom is -0.468 e. The van der Waals surface area contributed by atoms with Crippen LogP contribution >= 0.6 is 23.1 Å². The van der Waals surface area contributed by atoms with Crippen LogP contribution in [0.25, 0.3) is 0 Å². The Morgan fingerprint density at radius 3 is 2.77 bits per heavy atom. The van der Waals surface area contributed by atoms with Crippen molar-refractivity contribution < 1.29 is 14.3 Å². The number of ether oxygens (including phenoxy) is 1. The Kier molecular flexibility index (Phi) is 5.51. The Hall–Kier alpha value is -1.93. The number of aryl methyl sites for hydroxylation is 2. The van der Waals surface area contributed by atoms with Gasteiger partial charge >= 0.3 is 5.97 Å². The molecule has 0 aliphatic heterocycles. The number of anilines is 1. The molecule has 0 radical (unpaired) electrons. The number of carbonyl (C=O) groups is 2. The van der Waals surface area contributed by atoms with Crippen molar-refractivity contribution in [3.63, 3.8) is 0 Å². The lowest BCUT2D eigenvalue weighted by Gasteiger charge is -2.05. The number of rotatable bonds is 5. The Morgan fingerprint density at radius 2 is 2.09 bits per heavy atom. The first kappa shape index (κ1) is 16.4. The summed E-state index contributed by atoms with van der Waals surface area (Å²) in [6.45, 7) is 3.86. The number of amides is 1. The molecule has 0 bridgehead atoms. The zero-order valence-electron chi connectivity index (χ0n) is 12.4. The lowest BCUT2D eigenvalue weighted by Crippen LogP contribution is -2.13. The summed E-state index contributed by atoms with van der Waals surface area (Å²) >= 11 is 2.44. The van der Waals surface area contributed by atoms with E-state index in [2.05, 4.69) is 20.3 Å². The molecule has 2 aromatic rings. The van der Waals surface area contributed by atoms with Gasteiger partial charge in [-0.25, -0.2) is 0 Å². The smallest absolute Gasteiger partial charge is 0.316 e. The van der Waals surface area contributed by atoms with Gasteiger partial charge in [0.25, 0.3) is 5.91 Å². The van der Waals surface area contributed by atoms with Gasteiger partial charge in [0.05, 0.1) is 12.9 Å². The highest BCUT2D eigenvalue weighted by molar-refractivity contribution is 8.01. The average molecular weight is 337 g/mol. The van der Waals surface area contributed by atoms with E-state index in [-0.39, 0.29) is 17.6 Å². The average Bonchev–Trinajstić information content (AvgIpc) is 2.92. The highest BCUT2D eigenvalue weighted by Crippen LogP contribution is 2.26. The molecule has 8 heteroatoms. The fourth-order valence-electron chi connectivity index (χ4n) is 1.73. The molecule has 1 N–H and O–H groups in total. The third-order valence-corrected chi connectivity index (χ3v) is 4.74. The third kappa shape index (κ3) is 4.28. The van der Waals surface area contributed by atoms with Crippen molar-refractivity contribution in [3.8, 4) is 0 Å². The minimum atomic E-state index is -0.332. The summed E-state index contributed by atoms with van der Waals surface area (Å²) in [6, 6.07) is 5.63. The molecule has 0 fully saturated rings. The SMILES string of the molecule is COC(=O)CSc1nnc(NC(=O)c2ccc(C)cc2C)s1. The van der Waals surface area contributed by atoms with E-state index < -0.39 is 0 Å². The summed E-state index contributed by atoms with van der Waals surface area (Å²) in [5, 5.41) is 10.9. The van der Waals surface area contributed by atoms with Gasteiger partial charge < -0.3 is 4.74 Å². The fourth-order valence-corrected chi connectivity index (χ4v) is 3.31. The summed E-state index contributed by atoms with van der Waals surface area (Å²) in [7, 11) is 1.33. The van der Waals surface area contributed by atoms with Crippen LogP contribution in [-0.2, 0) is 9.53 Å². The molecule has 0 unspecified atom stereocenters. The molecule has 0 aliphatic rings. The summed E-state index contributed by atoms with van der Waals surface area (Å²) in [6.07, 6.45) is 0. The van der Waals surface area contributed by atoms with E-state index in [1.807, 2.05) is 26.0 Å². The molecule has 6 nitrogen and oxygen atoms in total. The summed E-state index contributed by atoms with van der Waals surface area (Å²) in [5.74, 6) is -0.393. The number of hydrogen-bond acceptors (Lipinski definition) is 7. The summed E-state index contributed by atoms with van der Waals surface area (Å²) in [5.41, 5.74) is 2.61. The summed E-state index contributed by atoms with van der Waals surface area (Å²) < 4.78 is 5.15. The molecule has 0 spiro atoms. The van der Waals surface area contributed by atoms with Gasteiger partial charge in [0.1, 0.15) is 0 Å². The molecule has 0 saturated carbocycles. The standard InChI is InChI=1S/C14H15N3O3S2/c1-8-4-5-10(9(2)6-8)12(19)15-13-16-17-14(22-13)21-7-11(18)20-3/h4-6H,7H2,1-3H3,(H,15,16,19). The van der Waals surface area contributed by atoms with Crippen LogP contribution in [-0.4, -0.2) is 34.9 Å². The predicted molar refractivity (Wildman–Crippen MR) is 86.5 cm³/mol. The van der Waals surface area contributed by atoms with Crippen molar-refractivity contribution >= 4 is 40.1 Å². The Bertz CT molecular complexity index is 700. The third-order valence-electron chi connectivity index (χ3n) is 2.79. The quantitative estimate of drug-likeness (QED) is 0.513. The minimum absolute atomic E-state index is 0.163. The van der Waals surface area contributed by atoms with Crippen molar-refractivity contribution in [2.75, 3.05) is 18.2 Å². The number of esters is 1. The second-order valence-corrected chi connectivity index (χ2v) is 6.71. The molecule has 0 saturated heterocycles. The first-order valence-electron chi connectivity index (χ1n) is 6.41. The number of hydrogen-bond donors (Lipinski definition) is 1. The molecular formula is C14H15N3O3S2. The Labute approximate surface area is 136 Å². The highest BCUT2D eigenvalue weighted by atomic mass is 32.2. The Balaban J connectivity index is 2.00. The zero-order chi connectivity index (χ0) is 16.1. The van der Waals surface area contributed by atoms with Crippen LogP contribution < -0.4 is 5.32 Å². The molecular weight excluding hydrogens is 322 g/mol. The number of benzene rings is 1. The van der Waals surface area contributed by atoms with E-state index >= 15 is 0 Å². The first-order valence-corrected chi connectivity index (χ1v) is 8.21. The van der Waals surface area contributed by atoms with Gasteiger partial charge in [-0.1, -0.05) is 40.8 Å². The molecule has 1 aromatic carbocycles. The van der Waals surface area contributed by atoms with E-state index in [9.17, 15) is 9.59 Å². The van der Waals surface area contributed by atoms with E-state index in [1.165, 1.54) is 30.2 Å². The van der Waals surface area contributed by atoms with Crippen molar-refractivity contribution in [1.82, 2.24) is 10.2 Å². The van der Waals surface area contributed by atoms with Crippen LogP contribution in [0.4, 0.5) is 5.13 Å². The number of methoxy groups -OCH3 is 1. The summed E-state index contributed by atoms with van der Waals surface area (Å²) in [4.78, 5) is 23.3. The van der Waals surface area contributed by atoms with Gasteiger partial charge in [0, 0.05) is 5.56 Å². The van der Waals surface area contributed by atoms with Crippen LogP contribution in [0, 0.1) is 13.8 Å². The normalized spacial score (nSPS) is 10.3. The van der Waals surface area contributed by atoms with Crippen LogP contribution in [0.5, 0.6) is 0 Å². The van der Waals surface area contributed by atoms with Crippen molar-refractivity contribution in [2.45, 2.75) is 18.2 Å². The maximum absolute atomic E-state index is 12.2. The van der Waals surface area contributed by atoms with Gasteiger partial charge in [-0.2, -0.15) is 0 Å². The van der Waals surface area contributed by atoms with E-state index in [0.29, 0.717) is 15.0 Å².